The van der Waals surface area contributed by atoms with Gasteiger partial charge < -0.3 is 19.6 Å². The van der Waals surface area contributed by atoms with Gasteiger partial charge in [-0.3, -0.25) is 10.00 Å². The van der Waals surface area contributed by atoms with Crippen LogP contribution in [0, 0.1) is 5.82 Å². The summed E-state index contributed by atoms with van der Waals surface area (Å²) in [6.45, 7) is 3.17. The van der Waals surface area contributed by atoms with Crippen molar-refractivity contribution in [1.82, 2.24) is 25.0 Å². The predicted octanol–water partition coefficient (Wildman–Crippen LogP) is 4.14. The number of halogens is 1. The molecule has 0 unspecified atom stereocenters. The maximum Gasteiger partial charge on any atom is 0.407 e. The van der Waals surface area contributed by atoms with Gasteiger partial charge in [-0.2, -0.15) is 5.10 Å². The first kappa shape index (κ1) is 24.5. The van der Waals surface area contributed by atoms with Crippen LogP contribution in [0.15, 0.2) is 42.7 Å². The number of ether oxygens (including phenoxy) is 1. The summed E-state index contributed by atoms with van der Waals surface area (Å²) in [4.78, 5) is 35.1. The van der Waals surface area contributed by atoms with E-state index >= 15 is 0 Å². The molecule has 2 saturated heterocycles. The van der Waals surface area contributed by atoms with Crippen molar-refractivity contribution in [2.75, 3.05) is 31.6 Å². The van der Waals surface area contributed by atoms with Crippen LogP contribution in [0.25, 0.3) is 11.1 Å². The second-order valence-corrected chi connectivity index (χ2v) is 9.45. The smallest absolute Gasteiger partial charge is 0.407 e. The van der Waals surface area contributed by atoms with E-state index in [9.17, 15) is 19.1 Å². The number of benzene rings is 1. The molecule has 3 aromatic rings. The highest BCUT2D eigenvalue weighted by Gasteiger charge is 2.52. The van der Waals surface area contributed by atoms with Gasteiger partial charge in [-0.25, -0.2) is 19.0 Å². The van der Waals surface area contributed by atoms with E-state index < -0.39 is 17.4 Å². The van der Waals surface area contributed by atoms with E-state index in [1.165, 1.54) is 24.1 Å². The number of methoxy groups -OCH3 is 1. The minimum Gasteiger partial charge on any atom is -0.497 e. The third kappa shape index (κ3) is 4.56. The fourth-order valence-corrected chi connectivity index (χ4v) is 5.34. The van der Waals surface area contributed by atoms with E-state index in [0.717, 1.165) is 16.8 Å². The highest BCUT2D eigenvalue weighted by Crippen LogP contribution is 2.40. The Morgan fingerprint density at radius 1 is 1.24 bits per heavy atom. The standard InChI is InChI=1S/C26H29FN6O4/c1-3-22-21(18-13-28-29-14-18)4-5-23(30-22)32-16-26(6-8-31(9-7-26)25(35)36)33(24(32)34)15-17-10-19(27)12-20(11-17)37-2/h4-5,10-14H,3,6-9,15-16H2,1-2H3,(H,28,29)(H,35,36). The van der Waals surface area contributed by atoms with Gasteiger partial charge in [0.15, 0.2) is 0 Å². The van der Waals surface area contributed by atoms with Crippen LogP contribution in [0.4, 0.5) is 19.8 Å². The lowest BCUT2D eigenvalue weighted by atomic mass is 9.86. The molecule has 1 spiro atoms. The van der Waals surface area contributed by atoms with Crippen LogP contribution in [0.3, 0.4) is 0 Å². The zero-order valence-electron chi connectivity index (χ0n) is 20.8. The largest absolute Gasteiger partial charge is 0.497 e. The molecule has 5 rings (SSSR count). The number of hydrogen-bond acceptors (Lipinski definition) is 5. The van der Waals surface area contributed by atoms with E-state index in [1.807, 2.05) is 19.1 Å². The minimum absolute atomic E-state index is 0.171. The molecule has 0 radical (unpaired) electrons. The van der Waals surface area contributed by atoms with Gasteiger partial charge in [-0.1, -0.05) is 6.92 Å². The topological polar surface area (TPSA) is 115 Å². The third-order valence-electron chi connectivity index (χ3n) is 7.34. The summed E-state index contributed by atoms with van der Waals surface area (Å²) >= 11 is 0. The number of carbonyl (C=O) groups is 2. The van der Waals surface area contributed by atoms with Crippen LogP contribution >= 0.6 is 0 Å². The number of aromatic nitrogens is 3. The van der Waals surface area contributed by atoms with Crippen molar-refractivity contribution in [3.63, 3.8) is 0 Å². The SMILES string of the molecule is CCc1nc(N2CC3(CCN(C(=O)O)CC3)N(Cc3cc(F)cc(OC)c3)C2=O)ccc1-c1cn[nH]c1. The van der Waals surface area contributed by atoms with Gasteiger partial charge in [0.25, 0.3) is 0 Å². The zero-order valence-corrected chi connectivity index (χ0v) is 20.8. The summed E-state index contributed by atoms with van der Waals surface area (Å²) in [5, 5.41) is 16.3. The first-order valence-corrected chi connectivity index (χ1v) is 12.2. The average Bonchev–Trinajstić information content (AvgIpc) is 3.52. The number of aromatic amines is 1. The van der Waals surface area contributed by atoms with Crippen molar-refractivity contribution < 1.29 is 23.8 Å². The predicted molar refractivity (Wildman–Crippen MR) is 134 cm³/mol. The highest BCUT2D eigenvalue weighted by atomic mass is 19.1. The number of amides is 3. The Balaban J connectivity index is 1.49. The summed E-state index contributed by atoms with van der Waals surface area (Å²) in [5.41, 5.74) is 2.70. The number of hydrogen-bond donors (Lipinski definition) is 2. The Hall–Kier alpha value is -4.15. The lowest BCUT2D eigenvalue weighted by Crippen LogP contribution is -2.55. The van der Waals surface area contributed by atoms with Gasteiger partial charge in [-0.15, -0.1) is 0 Å². The third-order valence-corrected chi connectivity index (χ3v) is 7.34. The van der Waals surface area contributed by atoms with E-state index in [1.54, 1.807) is 28.3 Å². The van der Waals surface area contributed by atoms with Crippen LogP contribution in [0.2, 0.25) is 0 Å². The molecule has 11 heteroatoms. The molecule has 2 fully saturated rings. The molecule has 37 heavy (non-hydrogen) atoms. The Labute approximate surface area is 213 Å². The lowest BCUT2D eigenvalue weighted by Gasteiger charge is -2.43. The van der Waals surface area contributed by atoms with Crippen molar-refractivity contribution in [2.24, 2.45) is 0 Å². The summed E-state index contributed by atoms with van der Waals surface area (Å²) in [6, 6.07) is 7.93. The number of piperidine rings is 1. The number of rotatable bonds is 6. The van der Waals surface area contributed by atoms with Gasteiger partial charge in [0.1, 0.15) is 17.4 Å². The molecule has 1 aromatic carbocycles. The number of nitrogens with zero attached hydrogens (tertiary/aromatic N) is 5. The molecule has 194 valence electrons. The molecule has 0 saturated carbocycles. The van der Waals surface area contributed by atoms with Crippen molar-refractivity contribution in [3.05, 3.63) is 59.8 Å². The normalized spacial score (nSPS) is 17.1. The van der Waals surface area contributed by atoms with E-state index in [4.69, 9.17) is 9.72 Å². The molecule has 2 N–H and O–H groups in total. The average molecular weight is 509 g/mol. The molecule has 0 bridgehead atoms. The van der Waals surface area contributed by atoms with Crippen LogP contribution in [0.5, 0.6) is 5.75 Å². The van der Waals surface area contributed by atoms with E-state index in [-0.39, 0.29) is 12.6 Å². The van der Waals surface area contributed by atoms with Crippen LogP contribution in [0.1, 0.15) is 31.0 Å². The number of urea groups is 1. The molecular weight excluding hydrogens is 479 g/mol. The number of pyridine rings is 1. The van der Waals surface area contributed by atoms with E-state index in [0.29, 0.717) is 56.0 Å². The second-order valence-electron chi connectivity index (χ2n) is 9.45. The van der Waals surface area contributed by atoms with Gasteiger partial charge >= 0.3 is 12.1 Å². The molecule has 0 atom stereocenters. The quantitative estimate of drug-likeness (QED) is 0.517. The Morgan fingerprint density at radius 3 is 2.68 bits per heavy atom. The Kier molecular flexibility index (Phi) is 6.45. The molecule has 10 nitrogen and oxygen atoms in total. The monoisotopic (exact) mass is 508 g/mol. The summed E-state index contributed by atoms with van der Waals surface area (Å²) < 4.78 is 19.5. The number of nitrogens with one attached hydrogen (secondary N) is 1. The number of likely N-dealkylation sites (tertiary alicyclic amines) is 1. The van der Waals surface area contributed by atoms with Crippen molar-refractivity contribution >= 4 is 17.9 Å². The number of carboxylic acid groups (broad SMARTS) is 1. The number of carbonyl (C=O) groups excluding carboxylic acids is 1. The maximum atomic E-state index is 14.3. The second kappa shape index (κ2) is 9.72. The molecule has 2 aliphatic rings. The Morgan fingerprint density at radius 2 is 2.03 bits per heavy atom. The summed E-state index contributed by atoms with van der Waals surface area (Å²) in [6.07, 6.45) is 4.18. The summed E-state index contributed by atoms with van der Waals surface area (Å²) in [7, 11) is 1.47. The minimum atomic E-state index is -0.971. The molecule has 2 aliphatic heterocycles. The first-order valence-electron chi connectivity index (χ1n) is 12.2. The Bertz CT molecular complexity index is 1310. The van der Waals surface area contributed by atoms with Crippen molar-refractivity contribution in [1.29, 1.82) is 0 Å². The van der Waals surface area contributed by atoms with Crippen LogP contribution in [-0.2, 0) is 13.0 Å². The zero-order chi connectivity index (χ0) is 26.2. The molecule has 2 aromatic heterocycles. The number of H-pyrrole nitrogens is 1. The van der Waals surface area contributed by atoms with Crippen molar-refractivity contribution in [2.45, 2.75) is 38.3 Å². The highest BCUT2D eigenvalue weighted by molar-refractivity contribution is 5.95. The number of anilines is 1. The van der Waals surface area contributed by atoms with Crippen LogP contribution < -0.4 is 9.64 Å². The first-order chi connectivity index (χ1) is 17.8. The van der Waals surface area contributed by atoms with Crippen LogP contribution in [-0.4, -0.2) is 74.5 Å². The lowest BCUT2D eigenvalue weighted by molar-refractivity contribution is 0.0686. The fraction of sp³-hybridized carbons (Fsp3) is 0.385. The molecule has 0 aliphatic carbocycles. The van der Waals surface area contributed by atoms with Crippen molar-refractivity contribution in [3.8, 4) is 16.9 Å². The summed E-state index contributed by atoms with van der Waals surface area (Å²) in [5.74, 6) is 0.461. The van der Waals surface area contributed by atoms with Gasteiger partial charge in [0.05, 0.1) is 31.1 Å². The van der Waals surface area contributed by atoms with Gasteiger partial charge in [0, 0.05) is 43.0 Å². The van der Waals surface area contributed by atoms with E-state index in [2.05, 4.69) is 10.2 Å². The maximum absolute atomic E-state index is 14.3. The molecular formula is C26H29FN6O4. The van der Waals surface area contributed by atoms with Gasteiger partial charge in [0.2, 0.25) is 0 Å². The van der Waals surface area contributed by atoms with Gasteiger partial charge in [-0.05, 0) is 49.1 Å². The molecule has 4 heterocycles. The molecule has 3 amide bonds. The number of aryl methyl sites for hydroxylation is 1. The fourth-order valence-electron chi connectivity index (χ4n) is 5.34.